The molecule has 0 aromatic carbocycles. The first-order valence-corrected chi connectivity index (χ1v) is 9.33. The zero-order valence-corrected chi connectivity index (χ0v) is 14.8. The second kappa shape index (κ2) is 6.68. The predicted molar refractivity (Wildman–Crippen MR) is 87.7 cm³/mol. The molecule has 26 heavy (non-hydrogen) atoms. The standard InChI is InChI=1S/C19H24O7/c1-9(2)17(20)23-8-10-3-5-11(6-4-10)18(21)25-15-13-7-12-14(24-13)16(15)26-19(12)22/h10-16H,1,3-8H2,2H3. The summed E-state index contributed by atoms with van der Waals surface area (Å²) in [6, 6.07) is 0. The number of carbonyl (C=O) groups excluding carboxylic acids is 3. The molecule has 0 N–H and O–H groups in total. The molecule has 4 fully saturated rings. The van der Waals surface area contributed by atoms with Crippen molar-refractivity contribution < 1.29 is 33.3 Å². The minimum Gasteiger partial charge on any atom is -0.462 e. The summed E-state index contributed by atoms with van der Waals surface area (Å²) in [5.74, 6) is -0.904. The van der Waals surface area contributed by atoms with E-state index in [9.17, 15) is 14.4 Å². The molecule has 3 heterocycles. The Hall–Kier alpha value is -1.89. The van der Waals surface area contributed by atoms with E-state index in [0.717, 1.165) is 12.8 Å². The molecular formula is C19H24O7. The molecule has 1 aliphatic carbocycles. The average Bonchev–Trinajstić information content (AvgIpc) is 3.25. The van der Waals surface area contributed by atoms with E-state index in [0.29, 0.717) is 31.4 Å². The maximum atomic E-state index is 12.5. The number of esters is 3. The van der Waals surface area contributed by atoms with Crippen molar-refractivity contribution in [3.8, 4) is 0 Å². The highest BCUT2D eigenvalue weighted by atomic mass is 16.7. The molecule has 7 nitrogen and oxygen atoms in total. The molecule has 5 unspecified atom stereocenters. The smallest absolute Gasteiger partial charge is 0.333 e. The van der Waals surface area contributed by atoms with Crippen LogP contribution in [0.4, 0.5) is 0 Å². The zero-order chi connectivity index (χ0) is 18.4. The third-order valence-corrected chi connectivity index (χ3v) is 6.01. The number of ether oxygens (including phenoxy) is 4. The minimum atomic E-state index is -0.468. The first-order valence-electron chi connectivity index (χ1n) is 9.33. The van der Waals surface area contributed by atoms with E-state index in [1.807, 2.05) is 0 Å². The maximum absolute atomic E-state index is 12.5. The van der Waals surface area contributed by atoms with E-state index < -0.39 is 12.2 Å². The van der Waals surface area contributed by atoms with Gasteiger partial charge in [0.25, 0.3) is 0 Å². The zero-order valence-electron chi connectivity index (χ0n) is 14.8. The molecule has 3 saturated heterocycles. The molecule has 0 aromatic rings. The third-order valence-electron chi connectivity index (χ3n) is 6.01. The summed E-state index contributed by atoms with van der Waals surface area (Å²) in [6.45, 7) is 5.55. The van der Waals surface area contributed by atoms with Gasteiger partial charge in [0.05, 0.1) is 24.5 Å². The second-order valence-corrected chi connectivity index (χ2v) is 7.88. The number of fused-ring (bicyclic) bond motifs is 1. The average molecular weight is 364 g/mol. The Morgan fingerprint density at radius 3 is 2.62 bits per heavy atom. The van der Waals surface area contributed by atoms with Crippen molar-refractivity contribution in [1.29, 1.82) is 0 Å². The molecule has 3 aliphatic heterocycles. The number of carbonyl (C=O) groups is 3. The Balaban J connectivity index is 1.24. The fourth-order valence-electron chi connectivity index (χ4n) is 4.49. The van der Waals surface area contributed by atoms with Crippen LogP contribution < -0.4 is 0 Å². The molecule has 0 spiro atoms. The fraction of sp³-hybridized carbons (Fsp3) is 0.737. The molecule has 4 aliphatic rings. The van der Waals surface area contributed by atoms with Gasteiger partial charge in [0.2, 0.25) is 0 Å². The molecule has 1 saturated carbocycles. The summed E-state index contributed by atoms with van der Waals surface area (Å²) in [4.78, 5) is 35.7. The van der Waals surface area contributed by atoms with Crippen LogP contribution in [0.3, 0.4) is 0 Å². The first-order chi connectivity index (χ1) is 12.4. The molecule has 7 heteroatoms. The highest BCUT2D eigenvalue weighted by molar-refractivity contribution is 5.86. The van der Waals surface area contributed by atoms with Gasteiger partial charge in [-0.05, 0) is 44.9 Å². The Labute approximate surface area is 152 Å². The van der Waals surface area contributed by atoms with Crippen molar-refractivity contribution in [2.75, 3.05) is 6.61 Å². The van der Waals surface area contributed by atoms with Crippen LogP contribution in [0.5, 0.6) is 0 Å². The van der Waals surface area contributed by atoms with Crippen LogP contribution >= 0.6 is 0 Å². The Morgan fingerprint density at radius 2 is 1.92 bits per heavy atom. The molecule has 5 atom stereocenters. The highest BCUT2D eigenvalue weighted by Gasteiger charge is 2.65. The Bertz CT molecular complexity index is 634. The second-order valence-electron chi connectivity index (χ2n) is 7.88. The SMILES string of the molecule is C=C(C)C(=O)OCC1CCC(C(=O)OC2C3CC4C(=O)OC2C4O3)CC1. The van der Waals surface area contributed by atoms with Crippen molar-refractivity contribution in [1.82, 2.24) is 0 Å². The molecule has 0 amide bonds. The van der Waals surface area contributed by atoms with Crippen LogP contribution in [0, 0.1) is 17.8 Å². The highest BCUT2D eigenvalue weighted by Crippen LogP contribution is 2.47. The van der Waals surface area contributed by atoms with E-state index in [1.54, 1.807) is 6.92 Å². The maximum Gasteiger partial charge on any atom is 0.333 e. The van der Waals surface area contributed by atoms with Crippen molar-refractivity contribution in [2.45, 2.75) is 63.4 Å². The number of rotatable bonds is 5. The quantitative estimate of drug-likeness (QED) is 0.415. The van der Waals surface area contributed by atoms with E-state index in [4.69, 9.17) is 18.9 Å². The molecule has 142 valence electrons. The van der Waals surface area contributed by atoms with Crippen LogP contribution in [0.2, 0.25) is 0 Å². The fourth-order valence-corrected chi connectivity index (χ4v) is 4.49. The monoisotopic (exact) mass is 364 g/mol. The first kappa shape index (κ1) is 17.5. The van der Waals surface area contributed by atoms with Gasteiger partial charge in [-0.2, -0.15) is 0 Å². The van der Waals surface area contributed by atoms with Crippen LogP contribution in [0.1, 0.15) is 39.0 Å². The van der Waals surface area contributed by atoms with Gasteiger partial charge in [-0.15, -0.1) is 0 Å². The molecular weight excluding hydrogens is 340 g/mol. The van der Waals surface area contributed by atoms with Gasteiger partial charge in [-0.3, -0.25) is 9.59 Å². The van der Waals surface area contributed by atoms with E-state index in [2.05, 4.69) is 6.58 Å². The summed E-state index contributed by atoms with van der Waals surface area (Å²) in [5.41, 5.74) is 0.394. The van der Waals surface area contributed by atoms with Crippen molar-refractivity contribution in [3.05, 3.63) is 12.2 Å². The summed E-state index contributed by atoms with van der Waals surface area (Å²) in [6.07, 6.45) is 2.27. The molecule has 0 aromatic heterocycles. The van der Waals surface area contributed by atoms with Crippen LogP contribution in [0.25, 0.3) is 0 Å². The lowest BCUT2D eigenvalue weighted by atomic mass is 9.82. The summed E-state index contributed by atoms with van der Waals surface area (Å²) in [7, 11) is 0. The Kier molecular flexibility index (Phi) is 4.50. The summed E-state index contributed by atoms with van der Waals surface area (Å²) < 4.78 is 22.0. The lowest BCUT2D eigenvalue weighted by Crippen LogP contribution is -2.41. The predicted octanol–water partition coefficient (Wildman–Crippen LogP) is 1.54. The molecule has 0 radical (unpaired) electrons. The Morgan fingerprint density at radius 1 is 1.19 bits per heavy atom. The van der Waals surface area contributed by atoms with Crippen LogP contribution in [0.15, 0.2) is 12.2 Å². The van der Waals surface area contributed by atoms with Gasteiger partial charge in [-0.25, -0.2) is 4.79 Å². The van der Waals surface area contributed by atoms with Gasteiger partial charge < -0.3 is 18.9 Å². The largest absolute Gasteiger partial charge is 0.462 e. The topological polar surface area (TPSA) is 88.1 Å². The number of hydrogen-bond donors (Lipinski definition) is 0. The normalized spacial score (nSPS) is 40.2. The van der Waals surface area contributed by atoms with Gasteiger partial charge in [0.1, 0.15) is 6.10 Å². The van der Waals surface area contributed by atoms with Crippen molar-refractivity contribution in [3.63, 3.8) is 0 Å². The van der Waals surface area contributed by atoms with Crippen molar-refractivity contribution >= 4 is 17.9 Å². The lowest BCUT2D eigenvalue weighted by molar-refractivity contribution is -0.165. The van der Waals surface area contributed by atoms with Crippen LogP contribution in [-0.4, -0.2) is 48.9 Å². The van der Waals surface area contributed by atoms with Gasteiger partial charge in [-0.1, -0.05) is 6.58 Å². The lowest BCUT2D eigenvalue weighted by Gasteiger charge is -2.29. The van der Waals surface area contributed by atoms with Gasteiger partial charge >= 0.3 is 17.9 Å². The molecule has 4 rings (SSSR count). The van der Waals surface area contributed by atoms with Gasteiger partial charge in [0, 0.05) is 5.57 Å². The van der Waals surface area contributed by atoms with E-state index in [-0.39, 0.29) is 47.9 Å². The summed E-state index contributed by atoms with van der Waals surface area (Å²) in [5, 5.41) is 0. The summed E-state index contributed by atoms with van der Waals surface area (Å²) >= 11 is 0. The van der Waals surface area contributed by atoms with E-state index in [1.165, 1.54) is 0 Å². The van der Waals surface area contributed by atoms with Gasteiger partial charge in [0.15, 0.2) is 12.2 Å². The van der Waals surface area contributed by atoms with Crippen molar-refractivity contribution in [2.24, 2.45) is 17.8 Å². The van der Waals surface area contributed by atoms with E-state index >= 15 is 0 Å². The van der Waals surface area contributed by atoms with Crippen LogP contribution in [-0.2, 0) is 33.3 Å². The molecule has 2 bridgehead atoms. The third kappa shape index (κ3) is 3.02. The minimum absolute atomic E-state index is 0.157. The number of hydrogen-bond acceptors (Lipinski definition) is 7.